The molecule has 0 fully saturated rings. The summed E-state index contributed by atoms with van der Waals surface area (Å²) in [4.78, 5) is 13.0. The molecule has 0 N–H and O–H groups in total. The Hall–Kier alpha value is 0.424. The largest absolute Gasteiger partial charge is 0.295 e. The zero-order valence-electron chi connectivity index (χ0n) is 17.9. The molecule has 1 rings (SSSR count). The van der Waals surface area contributed by atoms with Gasteiger partial charge in [0.25, 0.3) is 0 Å². The van der Waals surface area contributed by atoms with Crippen LogP contribution in [0.3, 0.4) is 0 Å². The van der Waals surface area contributed by atoms with E-state index in [1.165, 1.54) is 73.7 Å². The molecule has 145 valence electrons. The van der Waals surface area contributed by atoms with Gasteiger partial charge in [0.05, 0.1) is 18.5 Å². The number of carbonyl (C=O) groups excluding carboxylic acids is 1. The minimum atomic E-state index is -1.12. The fraction of sp³-hybridized carbons (Fsp3) is 0.696. The van der Waals surface area contributed by atoms with Gasteiger partial charge >= 0.3 is 0 Å². The molecule has 1 aromatic rings. The number of ketones is 1. The predicted molar refractivity (Wildman–Crippen MR) is 116 cm³/mol. The number of benzene rings is 1. The van der Waals surface area contributed by atoms with Crippen LogP contribution >= 0.6 is 7.26 Å². The second kappa shape index (κ2) is 14.4. The quantitative estimate of drug-likeness (QED) is 0.300. The van der Waals surface area contributed by atoms with Crippen LogP contribution in [0, 0.1) is 13.8 Å². The van der Waals surface area contributed by atoms with E-state index in [1.807, 2.05) is 0 Å². The van der Waals surface area contributed by atoms with E-state index in [2.05, 4.69) is 52.8 Å². The van der Waals surface area contributed by atoms with Crippen molar-refractivity contribution in [3.05, 3.63) is 34.9 Å². The fourth-order valence-corrected chi connectivity index (χ4v) is 8.77. The fourth-order valence-electron chi connectivity index (χ4n) is 3.81. The maximum absolute atomic E-state index is 13.0. The van der Waals surface area contributed by atoms with E-state index in [0.717, 1.165) is 6.16 Å². The molecule has 0 unspecified atom stereocenters. The van der Waals surface area contributed by atoms with Gasteiger partial charge in [-0.2, -0.15) is 0 Å². The van der Waals surface area contributed by atoms with Crippen LogP contribution in [0.15, 0.2) is 18.2 Å². The van der Waals surface area contributed by atoms with Crippen molar-refractivity contribution in [1.29, 1.82) is 0 Å². The van der Waals surface area contributed by atoms with Gasteiger partial charge in [-0.1, -0.05) is 58.2 Å². The molecule has 0 atom stereocenters. The molecule has 0 spiro atoms. The number of Topliss-reactive ketones (excluding diaryl/α,β-unsaturated/α-hetero) is 1. The number of rotatable bonds is 13. The summed E-state index contributed by atoms with van der Waals surface area (Å²) in [5.74, 6) is 0.494. The minimum Gasteiger partial charge on any atom is -0.295 e. The Balaban J connectivity index is 0.00000625. The van der Waals surface area contributed by atoms with Crippen LogP contribution in [0.1, 0.15) is 76.0 Å². The standard InChI is InChI=1S/C23H40OP.Y/c1-6-9-15-25(16-10-7-2,17-11-8-3)19-22(24)18-23-20(4)13-12-14-21(23)5;/h12-14H,6-11,15-19H2,1-5H3;/q+1;. The van der Waals surface area contributed by atoms with Crippen LogP contribution in [0.25, 0.3) is 0 Å². The summed E-state index contributed by atoms with van der Waals surface area (Å²) in [5, 5.41) is 0. The number of carbonyl (C=O) groups is 1. The zero-order chi connectivity index (χ0) is 18.7. The first-order chi connectivity index (χ1) is 12.0. The third kappa shape index (κ3) is 9.08. The van der Waals surface area contributed by atoms with Gasteiger partial charge in [0.1, 0.15) is 6.16 Å². The van der Waals surface area contributed by atoms with Crippen molar-refractivity contribution in [3.63, 3.8) is 0 Å². The van der Waals surface area contributed by atoms with E-state index in [9.17, 15) is 4.79 Å². The van der Waals surface area contributed by atoms with Crippen LogP contribution in [0.4, 0.5) is 0 Å². The van der Waals surface area contributed by atoms with Crippen molar-refractivity contribution in [3.8, 4) is 0 Å². The number of hydrogen-bond acceptors (Lipinski definition) is 1. The van der Waals surface area contributed by atoms with E-state index in [0.29, 0.717) is 12.2 Å². The molecule has 0 saturated carbocycles. The van der Waals surface area contributed by atoms with Crippen molar-refractivity contribution < 1.29 is 37.5 Å². The molecule has 0 saturated heterocycles. The monoisotopic (exact) mass is 452 g/mol. The first-order valence-corrected chi connectivity index (χ1v) is 12.9. The Morgan fingerprint density at radius 3 is 1.65 bits per heavy atom. The summed E-state index contributed by atoms with van der Waals surface area (Å²) in [7, 11) is -1.12. The number of hydrogen-bond donors (Lipinski definition) is 0. The Kier molecular flexibility index (Phi) is 14.7. The van der Waals surface area contributed by atoms with Gasteiger partial charge in [0.15, 0.2) is 5.78 Å². The van der Waals surface area contributed by atoms with Crippen LogP contribution < -0.4 is 0 Å². The second-order valence-corrected chi connectivity index (χ2v) is 12.2. The molecule has 0 heterocycles. The van der Waals surface area contributed by atoms with Crippen molar-refractivity contribution >= 4 is 13.0 Å². The summed E-state index contributed by atoms with van der Waals surface area (Å²) < 4.78 is 0. The van der Waals surface area contributed by atoms with Gasteiger partial charge in [-0.15, -0.1) is 0 Å². The van der Waals surface area contributed by atoms with Crippen molar-refractivity contribution in [1.82, 2.24) is 0 Å². The molecule has 0 aliphatic carbocycles. The molecular weight excluding hydrogens is 412 g/mol. The molecule has 1 radical (unpaired) electrons. The summed E-state index contributed by atoms with van der Waals surface area (Å²) in [6.45, 7) is 11.1. The van der Waals surface area contributed by atoms with E-state index in [-0.39, 0.29) is 32.7 Å². The molecule has 26 heavy (non-hydrogen) atoms. The maximum atomic E-state index is 13.0. The Bertz CT molecular complexity index is 485. The van der Waals surface area contributed by atoms with Gasteiger partial charge in [0, 0.05) is 46.4 Å². The predicted octanol–water partition coefficient (Wildman–Crippen LogP) is 6.83. The molecule has 0 aromatic heterocycles. The minimum absolute atomic E-state index is 0. The second-order valence-electron chi connectivity index (χ2n) is 7.82. The first-order valence-electron chi connectivity index (χ1n) is 10.4. The molecule has 0 aliphatic rings. The van der Waals surface area contributed by atoms with E-state index < -0.39 is 7.26 Å². The SMILES string of the molecule is CCCC[P+](CCCC)(CCCC)CC(=O)Cc1c(C)cccc1C.[Y]. The Labute approximate surface area is 188 Å². The summed E-state index contributed by atoms with van der Waals surface area (Å²) in [5.41, 5.74) is 3.81. The normalized spacial score (nSPS) is 11.3. The average molecular weight is 452 g/mol. The van der Waals surface area contributed by atoms with E-state index in [1.54, 1.807) is 0 Å². The molecule has 0 aliphatic heterocycles. The Morgan fingerprint density at radius 1 is 0.846 bits per heavy atom. The molecule has 0 bridgehead atoms. The van der Waals surface area contributed by atoms with Crippen molar-refractivity contribution in [2.75, 3.05) is 24.6 Å². The van der Waals surface area contributed by atoms with Crippen LogP contribution in [-0.2, 0) is 43.9 Å². The van der Waals surface area contributed by atoms with Gasteiger partial charge in [0.2, 0.25) is 0 Å². The van der Waals surface area contributed by atoms with Gasteiger partial charge < -0.3 is 0 Å². The third-order valence-corrected chi connectivity index (χ3v) is 10.3. The molecule has 3 heteroatoms. The van der Waals surface area contributed by atoms with E-state index in [4.69, 9.17) is 0 Å². The van der Waals surface area contributed by atoms with Crippen molar-refractivity contribution in [2.45, 2.75) is 79.6 Å². The van der Waals surface area contributed by atoms with Gasteiger partial charge in [-0.25, -0.2) is 0 Å². The van der Waals surface area contributed by atoms with Crippen LogP contribution in [0.5, 0.6) is 0 Å². The van der Waals surface area contributed by atoms with Crippen LogP contribution in [-0.4, -0.2) is 30.4 Å². The molecular formula is C23H40OPY+. The first kappa shape index (κ1) is 26.4. The van der Waals surface area contributed by atoms with E-state index >= 15 is 0 Å². The molecule has 1 aromatic carbocycles. The van der Waals surface area contributed by atoms with Gasteiger partial charge in [-0.05, 0) is 49.8 Å². The summed E-state index contributed by atoms with van der Waals surface area (Å²) >= 11 is 0. The number of aryl methyl sites for hydroxylation is 2. The summed E-state index contributed by atoms with van der Waals surface area (Å²) in [6.07, 6.45) is 13.2. The molecule has 1 nitrogen and oxygen atoms in total. The topological polar surface area (TPSA) is 17.1 Å². The smallest absolute Gasteiger partial charge is 0.174 e. The number of unbranched alkanes of at least 4 members (excludes halogenated alkanes) is 3. The average Bonchev–Trinajstić information content (AvgIpc) is 2.59. The zero-order valence-corrected chi connectivity index (χ0v) is 21.7. The maximum Gasteiger partial charge on any atom is 0.174 e. The molecule has 0 amide bonds. The van der Waals surface area contributed by atoms with Gasteiger partial charge in [-0.3, -0.25) is 4.79 Å². The third-order valence-electron chi connectivity index (χ3n) is 5.49. The Morgan fingerprint density at radius 2 is 1.27 bits per heavy atom. The van der Waals surface area contributed by atoms with Crippen LogP contribution in [0.2, 0.25) is 0 Å². The van der Waals surface area contributed by atoms with Crippen molar-refractivity contribution in [2.24, 2.45) is 0 Å². The summed E-state index contributed by atoms with van der Waals surface area (Å²) in [6, 6.07) is 6.38.